The van der Waals surface area contributed by atoms with Crippen molar-refractivity contribution in [1.29, 1.82) is 0 Å². The van der Waals surface area contributed by atoms with Crippen LogP contribution in [0.15, 0.2) is 30.6 Å². The molecule has 0 saturated heterocycles. The third-order valence-corrected chi connectivity index (χ3v) is 3.50. The van der Waals surface area contributed by atoms with E-state index in [4.69, 9.17) is 5.73 Å². The number of carbonyl (C=O) groups excluding carboxylic acids is 1. The highest BCUT2D eigenvalue weighted by molar-refractivity contribution is 14.1. The summed E-state index contributed by atoms with van der Waals surface area (Å²) in [7, 11) is 0. The number of rotatable bonds is 4. The molecule has 104 valence electrons. The third-order valence-electron chi connectivity index (χ3n) is 2.88. The lowest BCUT2D eigenvalue weighted by molar-refractivity contribution is 0.110. The summed E-state index contributed by atoms with van der Waals surface area (Å²) in [6.45, 7) is -0.0522. The molecule has 6 heteroatoms. The van der Waals surface area contributed by atoms with Crippen LogP contribution < -0.4 is 5.73 Å². The van der Waals surface area contributed by atoms with Crippen molar-refractivity contribution in [1.82, 2.24) is 4.98 Å². The molecule has 2 rings (SSSR count). The van der Waals surface area contributed by atoms with Gasteiger partial charge in [-0.05, 0) is 17.2 Å². The molecule has 2 N–H and O–H groups in total. The summed E-state index contributed by atoms with van der Waals surface area (Å²) in [6.07, 6.45) is 3.13. The van der Waals surface area contributed by atoms with Gasteiger partial charge in [-0.25, -0.2) is 8.78 Å². The minimum absolute atomic E-state index is 0.0522. The van der Waals surface area contributed by atoms with Gasteiger partial charge in [0, 0.05) is 59.1 Å². The van der Waals surface area contributed by atoms with E-state index in [1.54, 1.807) is 28.7 Å². The predicted octanol–water partition coefficient (Wildman–Crippen LogP) is 2.98. The van der Waals surface area contributed by atoms with Crippen molar-refractivity contribution in [3.8, 4) is 0 Å². The fraction of sp³-hybridized carbons (Fsp3) is 0.143. The molecule has 0 aliphatic heterocycles. The Bertz CT molecular complexity index is 662. The SMILES string of the molecule is NCc1ccc(Cc2cncc(C(=O)I)c2)c(F)c1F. The fourth-order valence-electron chi connectivity index (χ4n) is 1.84. The Kier molecular flexibility index (Phi) is 4.77. The summed E-state index contributed by atoms with van der Waals surface area (Å²) >= 11 is 1.65. The Hall–Kier alpha value is -1.41. The lowest BCUT2D eigenvalue weighted by atomic mass is 10.0. The molecule has 0 atom stereocenters. The molecule has 1 heterocycles. The Morgan fingerprint density at radius 2 is 1.85 bits per heavy atom. The van der Waals surface area contributed by atoms with Gasteiger partial charge in [-0.2, -0.15) is 0 Å². The summed E-state index contributed by atoms with van der Waals surface area (Å²) in [4.78, 5) is 15.2. The standard InChI is InChI=1S/C14H11F2IN2O/c15-12-9(1-2-10(5-18)13(12)16)3-8-4-11(14(17)20)7-19-6-8/h1-2,4,6-7H,3,5,18H2. The van der Waals surface area contributed by atoms with Crippen molar-refractivity contribution >= 4 is 26.4 Å². The molecular formula is C14H11F2IN2O. The van der Waals surface area contributed by atoms with Crippen LogP contribution in [-0.4, -0.2) is 8.77 Å². The molecule has 0 spiro atoms. The lowest BCUT2D eigenvalue weighted by Gasteiger charge is -2.07. The number of nitrogens with two attached hydrogens (primary N) is 1. The van der Waals surface area contributed by atoms with Crippen LogP contribution in [0.25, 0.3) is 0 Å². The summed E-state index contributed by atoms with van der Waals surface area (Å²) in [6, 6.07) is 4.59. The molecule has 2 aromatic rings. The first-order valence-electron chi connectivity index (χ1n) is 5.82. The molecule has 0 unspecified atom stereocenters. The van der Waals surface area contributed by atoms with E-state index in [0.29, 0.717) is 11.1 Å². The zero-order chi connectivity index (χ0) is 14.7. The minimum Gasteiger partial charge on any atom is -0.326 e. The number of benzene rings is 1. The fourth-order valence-corrected chi connectivity index (χ4v) is 2.13. The normalized spacial score (nSPS) is 10.6. The summed E-state index contributed by atoms with van der Waals surface area (Å²) in [5.41, 5.74) is 6.75. The van der Waals surface area contributed by atoms with Gasteiger partial charge >= 0.3 is 0 Å². The van der Waals surface area contributed by atoms with Gasteiger partial charge in [0.2, 0.25) is 3.79 Å². The lowest BCUT2D eigenvalue weighted by Crippen LogP contribution is -2.05. The first-order valence-corrected chi connectivity index (χ1v) is 6.90. The highest BCUT2D eigenvalue weighted by Gasteiger charge is 2.13. The van der Waals surface area contributed by atoms with Gasteiger partial charge in [-0.1, -0.05) is 12.1 Å². The van der Waals surface area contributed by atoms with Crippen molar-refractivity contribution in [2.75, 3.05) is 0 Å². The van der Waals surface area contributed by atoms with Crippen LogP contribution in [0.4, 0.5) is 8.78 Å². The van der Waals surface area contributed by atoms with Crippen molar-refractivity contribution in [2.24, 2.45) is 5.73 Å². The van der Waals surface area contributed by atoms with Gasteiger partial charge in [0.05, 0.1) is 0 Å². The van der Waals surface area contributed by atoms with Gasteiger partial charge in [0.1, 0.15) is 0 Å². The van der Waals surface area contributed by atoms with Gasteiger partial charge in [-0.3, -0.25) is 9.78 Å². The van der Waals surface area contributed by atoms with Crippen LogP contribution in [0, 0.1) is 11.6 Å². The number of nitrogens with zero attached hydrogens (tertiary/aromatic N) is 1. The van der Waals surface area contributed by atoms with Crippen LogP contribution >= 0.6 is 22.6 Å². The topological polar surface area (TPSA) is 56.0 Å². The van der Waals surface area contributed by atoms with Crippen LogP contribution in [0.1, 0.15) is 27.0 Å². The third kappa shape index (κ3) is 3.18. The number of pyridine rings is 1. The highest BCUT2D eigenvalue weighted by Crippen LogP contribution is 2.19. The van der Waals surface area contributed by atoms with Crippen LogP contribution in [0.2, 0.25) is 0 Å². The number of halogens is 3. The zero-order valence-electron chi connectivity index (χ0n) is 10.4. The molecule has 0 fully saturated rings. The average molecular weight is 388 g/mol. The van der Waals surface area contributed by atoms with Gasteiger partial charge in [0.15, 0.2) is 11.6 Å². The van der Waals surface area contributed by atoms with E-state index in [2.05, 4.69) is 4.98 Å². The molecule has 0 aliphatic rings. The predicted molar refractivity (Wildman–Crippen MR) is 79.6 cm³/mol. The van der Waals surface area contributed by atoms with E-state index in [0.717, 1.165) is 0 Å². The van der Waals surface area contributed by atoms with E-state index >= 15 is 0 Å². The number of hydrogen-bond acceptors (Lipinski definition) is 3. The molecule has 0 radical (unpaired) electrons. The molecule has 0 saturated carbocycles. The zero-order valence-corrected chi connectivity index (χ0v) is 12.5. The summed E-state index contributed by atoms with van der Waals surface area (Å²) in [5.74, 6) is -1.82. The van der Waals surface area contributed by atoms with E-state index in [1.807, 2.05) is 0 Å². The molecule has 1 aromatic heterocycles. The number of carbonyl (C=O) groups is 1. The molecule has 1 aromatic carbocycles. The quantitative estimate of drug-likeness (QED) is 0.648. The highest BCUT2D eigenvalue weighted by atomic mass is 127. The largest absolute Gasteiger partial charge is 0.326 e. The average Bonchev–Trinajstić information content (AvgIpc) is 2.44. The summed E-state index contributed by atoms with van der Waals surface area (Å²) < 4.78 is 27.4. The smallest absolute Gasteiger partial charge is 0.223 e. The van der Waals surface area contributed by atoms with E-state index in [9.17, 15) is 13.6 Å². The van der Waals surface area contributed by atoms with Gasteiger partial charge < -0.3 is 5.73 Å². The number of aromatic nitrogens is 1. The molecular weight excluding hydrogens is 377 g/mol. The van der Waals surface area contributed by atoms with Crippen molar-refractivity contribution in [3.63, 3.8) is 0 Å². The Morgan fingerprint density at radius 1 is 1.20 bits per heavy atom. The van der Waals surface area contributed by atoms with Crippen molar-refractivity contribution in [2.45, 2.75) is 13.0 Å². The monoisotopic (exact) mass is 388 g/mol. The Labute approximate surface area is 128 Å². The maximum Gasteiger partial charge on any atom is 0.223 e. The van der Waals surface area contributed by atoms with Gasteiger partial charge in [0.25, 0.3) is 0 Å². The van der Waals surface area contributed by atoms with E-state index in [1.165, 1.54) is 24.5 Å². The molecule has 3 nitrogen and oxygen atoms in total. The van der Waals surface area contributed by atoms with Crippen molar-refractivity contribution in [3.05, 3.63) is 64.5 Å². The van der Waals surface area contributed by atoms with Crippen molar-refractivity contribution < 1.29 is 13.6 Å². The maximum atomic E-state index is 13.9. The Morgan fingerprint density at radius 3 is 2.50 bits per heavy atom. The van der Waals surface area contributed by atoms with Crippen LogP contribution in [0.5, 0.6) is 0 Å². The first-order chi connectivity index (χ1) is 9.52. The van der Waals surface area contributed by atoms with Crippen LogP contribution in [-0.2, 0) is 13.0 Å². The summed E-state index contributed by atoms with van der Waals surface area (Å²) in [5, 5.41) is 0. The number of hydrogen-bond donors (Lipinski definition) is 1. The second-order valence-corrected chi connectivity index (χ2v) is 5.23. The second-order valence-electron chi connectivity index (χ2n) is 4.25. The first kappa shape index (κ1) is 15.0. The Balaban J connectivity index is 2.33. The van der Waals surface area contributed by atoms with Gasteiger partial charge in [-0.15, -0.1) is 0 Å². The minimum atomic E-state index is -0.918. The maximum absolute atomic E-state index is 13.9. The molecule has 0 amide bonds. The van der Waals surface area contributed by atoms with E-state index in [-0.39, 0.29) is 27.9 Å². The molecule has 20 heavy (non-hydrogen) atoms. The molecule has 0 aliphatic carbocycles. The van der Waals surface area contributed by atoms with Crippen LogP contribution in [0.3, 0.4) is 0 Å². The second kappa shape index (κ2) is 6.36. The van der Waals surface area contributed by atoms with E-state index < -0.39 is 11.6 Å². The molecule has 0 bridgehead atoms.